The molecule has 0 spiro atoms. The number of halogens is 1. The smallest absolute Gasteiger partial charge is 0.255 e. The van der Waals surface area contributed by atoms with Crippen LogP contribution in [0.4, 0.5) is 0 Å². The monoisotopic (exact) mass is 248 g/mol. The maximum Gasteiger partial charge on any atom is 0.255 e. The fraction of sp³-hybridized carbons (Fsp3) is 0.154. The number of benzene rings is 1. The summed E-state index contributed by atoms with van der Waals surface area (Å²) < 4.78 is 1.60. The van der Waals surface area contributed by atoms with Gasteiger partial charge in [0.1, 0.15) is 0 Å². The zero-order chi connectivity index (χ0) is 12.4. The van der Waals surface area contributed by atoms with Crippen LogP contribution in [0.5, 0.6) is 0 Å². The number of hydrogen-bond donors (Lipinski definition) is 1. The van der Waals surface area contributed by atoms with Crippen molar-refractivity contribution in [3.8, 4) is 11.3 Å². The first-order valence-electron chi connectivity index (χ1n) is 5.28. The molecule has 2 aromatic rings. The molecular formula is C13H13ClN2O. The van der Waals surface area contributed by atoms with Crippen molar-refractivity contribution >= 4 is 11.6 Å². The molecule has 0 aliphatic rings. The van der Waals surface area contributed by atoms with Crippen LogP contribution in [0.3, 0.4) is 0 Å². The summed E-state index contributed by atoms with van der Waals surface area (Å²) in [5.74, 6) is 0. The minimum Gasteiger partial charge on any atom is -0.326 e. The lowest BCUT2D eigenvalue weighted by molar-refractivity contribution is 0.839. The molecule has 2 N–H and O–H groups in total. The Morgan fingerprint density at radius 3 is 2.41 bits per heavy atom. The average Bonchev–Trinajstić information content (AvgIpc) is 2.34. The lowest BCUT2D eigenvalue weighted by Crippen LogP contribution is -2.23. The third kappa shape index (κ3) is 2.25. The summed E-state index contributed by atoms with van der Waals surface area (Å²) in [5.41, 5.74) is 7.86. The molecule has 1 aromatic heterocycles. The van der Waals surface area contributed by atoms with Crippen molar-refractivity contribution in [3.05, 3.63) is 57.3 Å². The second-order valence-electron chi connectivity index (χ2n) is 3.82. The molecule has 0 radical (unpaired) electrons. The summed E-state index contributed by atoms with van der Waals surface area (Å²) in [6, 6.07) is 11.0. The lowest BCUT2D eigenvalue weighted by Gasteiger charge is -2.09. The van der Waals surface area contributed by atoms with Crippen LogP contribution in [0.1, 0.15) is 5.56 Å². The molecular weight excluding hydrogens is 236 g/mol. The van der Waals surface area contributed by atoms with Gasteiger partial charge < -0.3 is 10.3 Å². The third-order valence-corrected chi connectivity index (χ3v) is 2.99. The second kappa shape index (κ2) is 4.73. The van der Waals surface area contributed by atoms with Crippen molar-refractivity contribution in [3.63, 3.8) is 0 Å². The van der Waals surface area contributed by atoms with Gasteiger partial charge in [-0.05, 0) is 23.8 Å². The maximum atomic E-state index is 11.9. The number of aromatic nitrogens is 1. The van der Waals surface area contributed by atoms with E-state index in [-0.39, 0.29) is 12.1 Å². The zero-order valence-electron chi connectivity index (χ0n) is 9.48. The van der Waals surface area contributed by atoms with Gasteiger partial charge in [-0.3, -0.25) is 4.79 Å². The summed E-state index contributed by atoms with van der Waals surface area (Å²) in [5, 5.41) is 0.678. The van der Waals surface area contributed by atoms with Gasteiger partial charge in [-0.1, -0.05) is 29.8 Å². The van der Waals surface area contributed by atoms with Crippen LogP contribution in [-0.4, -0.2) is 4.57 Å². The van der Waals surface area contributed by atoms with Crippen LogP contribution in [-0.2, 0) is 13.6 Å². The molecule has 0 amide bonds. The topological polar surface area (TPSA) is 48.0 Å². The Hall–Kier alpha value is -1.58. The van der Waals surface area contributed by atoms with Crippen LogP contribution in [0.2, 0.25) is 5.02 Å². The van der Waals surface area contributed by atoms with Crippen LogP contribution < -0.4 is 11.3 Å². The van der Waals surface area contributed by atoms with Crippen LogP contribution >= 0.6 is 11.6 Å². The molecule has 0 bridgehead atoms. The molecule has 2 rings (SSSR count). The van der Waals surface area contributed by atoms with E-state index in [4.69, 9.17) is 17.3 Å². The van der Waals surface area contributed by atoms with Gasteiger partial charge in [0.2, 0.25) is 0 Å². The predicted octanol–water partition coefficient (Wildman–Crippen LogP) is 2.16. The Morgan fingerprint density at radius 1 is 1.18 bits per heavy atom. The quantitative estimate of drug-likeness (QED) is 0.886. The summed E-state index contributed by atoms with van der Waals surface area (Å²) in [7, 11) is 1.74. The van der Waals surface area contributed by atoms with E-state index in [0.717, 1.165) is 11.3 Å². The van der Waals surface area contributed by atoms with Gasteiger partial charge in [0.25, 0.3) is 5.56 Å². The summed E-state index contributed by atoms with van der Waals surface area (Å²) in [4.78, 5) is 11.9. The molecule has 0 unspecified atom stereocenters. The molecule has 0 saturated heterocycles. The van der Waals surface area contributed by atoms with Gasteiger partial charge in [0.15, 0.2) is 0 Å². The van der Waals surface area contributed by atoms with Gasteiger partial charge >= 0.3 is 0 Å². The molecule has 0 saturated carbocycles. The summed E-state index contributed by atoms with van der Waals surface area (Å²) in [6.07, 6.45) is 0. The Balaban J connectivity index is 2.57. The Labute approximate surface area is 104 Å². The first-order chi connectivity index (χ1) is 8.13. The lowest BCUT2D eigenvalue weighted by atomic mass is 10.1. The van der Waals surface area contributed by atoms with E-state index < -0.39 is 0 Å². The van der Waals surface area contributed by atoms with E-state index in [0.29, 0.717) is 10.6 Å². The van der Waals surface area contributed by atoms with Gasteiger partial charge in [0.05, 0.1) is 5.69 Å². The van der Waals surface area contributed by atoms with Crippen molar-refractivity contribution in [2.45, 2.75) is 6.54 Å². The Morgan fingerprint density at radius 2 is 1.82 bits per heavy atom. The van der Waals surface area contributed by atoms with Gasteiger partial charge in [0, 0.05) is 24.2 Å². The maximum absolute atomic E-state index is 11.9. The van der Waals surface area contributed by atoms with Gasteiger partial charge in [-0.25, -0.2) is 0 Å². The van der Waals surface area contributed by atoms with E-state index in [1.807, 2.05) is 18.2 Å². The normalized spacial score (nSPS) is 10.5. The summed E-state index contributed by atoms with van der Waals surface area (Å²) >= 11 is 5.83. The minimum absolute atomic E-state index is 0.0556. The zero-order valence-corrected chi connectivity index (χ0v) is 10.2. The summed E-state index contributed by atoms with van der Waals surface area (Å²) in [6.45, 7) is 0.258. The molecule has 88 valence electrons. The predicted molar refractivity (Wildman–Crippen MR) is 70.0 cm³/mol. The SMILES string of the molecule is Cn1c(-c2ccc(Cl)cc2)ccc(CN)c1=O. The fourth-order valence-electron chi connectivity index (χ4n) is 1.75. The molecule has 1 aromatic carbocycles. The van der Waals surface area contributed by atoms with Crippen molar-refractivity contribution in [1.29, 1.82) is 0 Å². The van der Waals surface area contributed by atoms with Crippen molar-refractivity contribution < 1.29 is 0 Å². The molecule has 0 aliphatic heterocycles. The molecule has 4 heteroatoms. The Bertz CT molecular complexity index is 587. The minimum atomic E-state index is -0.0556. The fourth-order valence-corrected chi connectivity index (χ4v) is 1.88. The standard InChI is InChI=1S/C13H13ClN2O/c1-16-12(7-4-10(8-15)13(16)17)9-2-5-11(14)6-3-9/h2-7H,8,15H2,1H3. The number of nitrogens with two attached hydrogens (primary N) is 1. The molecule has 3 nitrogen and oxygen atoms in total. The van der Waals surface area contributed by atoms with E-state index in [9.17, 15) is 4.79 Å². The van der Waals surface area contributed by atoms with Crippen LogP contribution in [0, 0.1) is 0 Å². The molecule has 0 fully saturated rings. The number of nitrogens with zero attached hydrogens (tertiary/aromatic N) is 1. The highest BCUT2D eigenvalue weighted by Gasteiger charge is 2.06. The number of rotatable bonds is 2. The number of pyridine rings is 1. The molecule has 17 heavy (non-hydrogen) atoms. The van der Waals surface area contributed by atoms with E-state index in [1.165, 1.54) is 0 Å². The third-order valence-electron chi connectivity index (χ3n) is 2.74. The van der Waals surface area contributed by atoms with Crippen molar-refractivity contribution in [2.24, 2.45) is 12.8 Å². The highest BCUT2D eigenvalue weighted by molar-refractivity contribution is 6.30. The van der Waals surface area contributed by atoms with E-state index in [1.54, 1.807) is 29.8 Å². The van der Waals surface area contributed by atoms with Crippen molar-refractivity contribution in [1.82, 2.24) is 4.57 Å². The average molecular weight is 249 g/mol. The van der Waals surface area contributed by atoms with E-state index >= 15 is 0 Å². The highest BCUT2D eigenvalue weighted by Crippen LogP contribution is 2.20. The van der Waals surface area contributed by atoms with Gasteiger partial charge in [-0.2, -0.15) is 0 Å². The number of hydrogen-bond acceptors (Lipinski definition) is 2. The first-order valence-corrected chi connectivity index (χ1v) is 5.66. The molecule has 0 aliphatic carbocycles. The van der Waals surface area contributed by atoms with Gasteiger partial charge in [-0.15, -0.1) is 0 Å². The van der Waals surface area contributed by atoms with Crippen LogP contribution in [0.25, 0.3) is 11.3 Å². The van der Waals surface area contributed by atoms with Crippen LogP contribution in [0.15, 0.2) is 41.2 Å². The second-order valence-corrected chi connectivity index (χ2v) is 4.26. The Kier molecular flexibility index (Phi) is 3.31. The molecule has 0 atom stereocenters. The largest absolute Gasteiger partial charge is 0.326 e. The highest BCUT2D eigenvalue weighted by atomic mass is 35.5. The first kappa shape index (κ1) is 11.9. The van der Waals surface area contributed by atoms with E-state index in [2.05, 4.69) is 0 Å². The molecule has 1 heterocycles. The van der Waals surface area contributed by atoms with Crippen molar-refractivity contribution in [2.75, 3.05) is 0 Å².